The van der Waals surface area contributed by atoms with E-state index in [1.165, 1.54) is 0 Å². The lowest BCUT2D eigenvalue weighted by Crippen LogP contribution is -2.20. The SMILES string of the molecule is C=N/C(=C\C(C)C)COC(C)(C)C. The van der Waals surface area contributed by atoms with Gasteiger partial charge in [0.05, 0.1) is 17.9 Å². The van der Waals surface area contributed by atoms with E-state index in [-0.39, 0.29) is 5.60 Å². The van der Waals surface area contributed by atoms with E-state index in [2.05, 4.69) is 31.6 Å². The fraction of sp³-hybridized carbons (Fsp3) is 0.727. The maximum absolute atomic E-state index is 5.58. The van der Waals surface area contributed by atoms with Crippen molar-refractivity contribution in [2.45, 2.75) is 40.2 Å². The van der Waals surface area contributed by atoms with Gasteiger partial charge < -0.3 is 4.74 Å². The van der Waals surface area contributed by atoms with Crippen LogP contribution < -0.4 is 0 Å². The molecule has 0 spiro atoms. The quantitative estimate of drug-likeness (QED) is 0.614. The van der Waals surface area contributed by atoms with Crippen molar-refractivity contribution in [1.82, 2.24) is 0 Å². The predicted octanol–water partition coefficient (Wildman–Crippen LogP) is 3.04. The van der Waals surface area contributed by atoms with E-state index >= 15 is 0 Å². The summed E-state index contributed by atoms with van der Waals surface area (Å²) in [5.74, 6) is 0.490. The van der Waals surface area contributed by atoms with Gasteiger partial charge in [-0.3, -0.25) is 4.99 Å². The third-order valence-corrected chi connectivity index (χ3v) is 1.38. The zero-order valence-corrected chi connectivity index (χ0v) is 9.42. The fourth-order valence-electron chi connectivity index (χ4n) is 0.822. The standard InChI is InChI=1S/C11H21NO/c1-9(2)7-10(12-6)8-13-11(3,4)5/h7,9H,6,8H2,1-5H3/b10-7-. The predicted molar refractivity (Wildman–Crippen MR) is 58.2 cm³/mol. The lowest BCUT2D eigenvalue weighted by Gasteiger charge is -2.19. The molecular formula is C11H21NO. The summed E-state index contributed by atoms with van der Waals surface area (Å²) in [4.78, 5) is 3.92. The molecule has 0 aliphatic rings. The molecule has 0 aromatic heterocycles. The number of hydrogen-bond donors (Lipinski definition) is 0. The van der Waals surface area contributed by atoms with E-state index in [9.17, 15) is 0 Å². The summed E-state index contributed by atoms with van der Waals surface area (Å²) < 4.78 is 5.58. The summed E-state index contributed by atoms with van der Waals surface area (Å²) >= 11 is 0. The van der Waals surface area contributed by atoms with E-state index in [4.69, 9.17) is 4.74 Å². The van der Waals surface area contributed by atoms with Crippen molar-refractivity contribution < 1.29 is 4.74 Å². The van der Waals surface area contributed by atoms with Gasteiger partial charge in [-0.2, -0.15) is 0 Å². The highest BCUT2D eigenvalue weighted by Crippen LogP contribution is 2.11. The molecule has 76 valence electrons. The highest BCUT2D eigenvalue weighted by Gasteiger charge is 2.10. The van der Waals surface area contributed by atoms with E-state index in [0.29, 0.717) is 12.5 Å². The summed E-state index contributed by atoms with van der Waals surface area (Å²) in [6.45, 7) is 14.4. The van der Waals surface area contributed by atoms with Gasteiger partial charge in [0.1, 0.15) is 0 Å². The van der Waals surface area contributed by atoms with Gasteiger partial charge in [0.25, 0.3) is 0 Å². The monoisotopic (exact) mass is 183 g/mol. The number of allylic oxidation sites excluding steroid dienone is 1. The number of nitrogens with zero attached hydrogens (tertiary/aromatic N) is 1. The Kier molecular flexibility index (Phi) is 4.92. The first-order valence-corrected chi connectivity index (χ1v) is 4.66. The van der Waals surface area contributed by atoms with Crippen LogP contribution in [0.3, 0.4) is 0 Å². The average molecular weight is 183 g/mol. The maximum Gasteiger partial charge on any atom is 0.0891 e. The third-order valence-electron chi connectivity index (χ3n) is 1.38. The fourth-order valence-corrected chi connectivity index (χ4v) is 0.822. The normalized spacial score (nSPS) is 13.5. The molecular weight excluding hydrogens is 162 g/mol. The third kappa shape index (κ3) is 7.72. The lowest BCUT2D eigenvalue weighted by molar-refractivity contribution is 0.0106. The van der Waals surface area contributed by atoms with E-state index < -0.39 is 0 Å². The summed E-state index contributed by atoms with van der Waals surface area (Å²) in [5.41, 5.74) is 0.811. The largest absolute Gasteiger partial charge is 0.370 e. The first-order chi connectivity index (χ1) is 5.85. The summed E-state index contributed by atoms with van der Waals surface area (Å²) in [6, 6.07) is 0. The van der Waals surface area contributed by atoms with Crippen molar-refractivity contribution >= 4 is 6.72 Å². The highest BCUT2D eigenvalue weighted by atomic mass is 16.5. The zero-order chi connectivity index (χ0) is 10.5. The van der Waals surface area contributed by atoms with Gasteiger partial charge in [-0.1, -0.05) is 19.9 Å². The van der Waals surface area contributed by atoms with E-state index in [1.54, 1.807) is 0 Å². The van der Waals surface area contributed by atoms with Crippen LogP contribution in [-0.4, -0.2) is 18.9 Å². The van der Waals surface area contributed by atoms with E-state index in [1.807, 2.05) is 20.8 Å². The van der Waals surface area contributed by atoms with Crippen LogP contribution in [-0.2, 0) is 4.74 Å². The topological polar surface area (TPSA) is 21.6 Å². The van der Waals surface area contributed by atoms with Crippen LogP contribution in [0.4, 0.5) is 0 Å². The molecule has 2 heteroatoms. The Morgan fingerprint density at radius 1 is 1.46 bits per heavy atom. The number of aliphatic imine (C=N–C) groups is 1. The molecule has 0 heterocycles. The second-order valence-electron chi connectivity index (χ2n) is 4.46. The molecule has 0 aromatic rings. The molecule has 0 atom stereocenters. The van der Waals surface area contributed by atoms with Gasteiger partial charge in [-0.15, -0.1) is 0 Å². The molecule has 0 amide bonds. The number of rotatable bonds is 4. The van der Waals surface area contributed by atoms with Crippen LogP contribution in [0.15, 0.2) is 16.8 Å². The minimum atomic E-state index is -0.110. The summed E-state index contributed by atoms with van der Waals surface area (Å²) in [7, 11) is 0. The van der Waals surface area contributed by atoms with Gasteiger partial charge in [0.15, 0.2) is 0 Å². The molecule has 0 N–H and O–H groups in total. The Morgan fingerprint density at radius 3 is 2.31 bits per heavy atom. The van der Waals surface area contributed by atoms with Gasteiger partial charge in [-0.05, 0) is 33.4 Å². The summed E-state index contributed by atoms with van der Waals surface area (Å²) in [5, 5.41) is 0. The van der Waals surface area contributed by atoms with Crippen molar-refractivity contribution in [3.05, 3.63) is 11.8 Å². The van der Waals surface area contributed by atoms with Gasteiger partial charge in [-0.25, -0.2) is 0 Å². The average Bonchev–Trinajstić information content (AvgIpc) is 1.95. The van der Waals surface area contributed by atoms with Crippen LogP contribution in [0.5, 0.6) is 0 Å². The molecule has 13 heavy (non-hydrogen) atoms. The van der Waals surface area contributed by atoms with Crippen molar-refractivity contribution in [1.29, 1.82) is 0 Å². The first kappa shape index (κ1) is 12.4. The van der Waals surface area contributed by atoms with Crippen LogP contribution in [0, 0.1) is 5.92 Å². The number of ether oxygens (including phenoxy) is 1. The van der Waals surface area contributed by atoms with Gasteiger partial charge in [0.2, 0.25) is 0 Å². The van der Waals surface area contributed by atoms with Crippen molar-refractivity contribution in [2.75, 3.05) is 6.61 Å². The number of hydrogen-bond acceptors (Lipinski definition) is 2. The van der Waals surface area contributed by atoms with Crippen molar-refractivity contribution in [3.63, 3.8) is 0 Å². The molecule has 0 aliphatic carbocycles. The molecule has 0 saturated carbocycles. The van der Waals surface area contributed by atoms with E-state index in [0.717, 1.165) is 5.70 Å². The Balaban J connectivity index is 4.08. The second kappa shape index (κ2) is 5.18. The minimum absolute atomic E-state index is 0.110. The Labute approximate surface area is 81.7 Å². The molecule has 2 nitrogen and oxygen atoms in total. The maximum atomic E-state index is 5.58. The summed E-state index contributed by atoms with van der Waals surface area (Å²) in [6.07, 6.45) is 2.07. The highest BCUT2D eigenvalue weighted by molar-refractivity contribution is 5.29. The smallest absolute Gasteiger partial charge is 0.0891 e. The Bertz CT molecular complexity index is 187. The van der Waals surface area contributed by atoms with Crippen molar-refractivity contribution in [2.24, 2.45) is 10.9 Å². The second-order valence-corrected chi connectivity index (χ2v) is 4.46. The first-order valence-electron chi connectivity index (χ1n) is 4.66. The zero-order valence-electron chi connectivity index (χ0n) is 9.42. The molecule has 0 aromatic carbocycles. The molecule has 0 aliphatic heterocycles. The minimum Gasteiger partial charge on any atom is -0.370 e. The molecule has 0 unspecified atom stereocenters. The molecule has 0 fully saturated rings. The van der Waals surface area contributed by atoms with Gasteiger partial charge in [0, 0.05) is 0 Å². The Morgan fingerprint density at radius 2 is 2.00 bits per heavy atom. The van der Waals surface area contributed by atoms with Crippen LogP contribution in [0.1, 0.15) is 34.6 Å². The van der Waals surface area contributed by atoms with Crippen LogP contribution in [0.2, 0.25) is 0 Å². The van der Waals surface area contributed by atoms with Crippen LogP contribution in [0.25, 0.3) is 0 Å². The van der Waals surface area contributed by atoms with Gasteiger partial charge >= 0.3 is 0 Å². The molecule has 0 bridgehead atoms. The molecule has 0 rings (SSSR count). The molecule has 0 saturated heterocycles. The lowest BCUT2D eigenvalue weighted by atomic mass is 10.1. The van der Waals surface area contributed by atoms with Crippen molar-refractivity contribution in [3.8, 4) is 0 Å². The van der Waals surface area contributed by atoms with Crippen LogP contribution >= 0.6 is 0 Å². The Hall–Kier alpha value is -0.630. The molecule has 0 radical (unpaired) electrons.